The van der Waals surface area contributed by atoms with E-state index in [2.05, 4.69) is 38.1 Å². The summed E-state index contributed by atoms with van der Waals surface area (Å²) < 4.78 is 5.82. The van der Waals surface area contributed by atoms with Gasteiger partial charge in [0.25, 0.3) is 0 Å². The van der Waals surface area contributed by atoms with Gasteiger partial charge >= 0.3 is 0 Å². The highest BCUT2D eigenvalue weighted by Crippen LogP contribution is 2.32. The third kappa shape index (κ3) is 1.98. The molecule has 0 radical (unpaired) electrons. The molecule has 0 unspecified atom stereocenters. The van der Waals surface area contributed by atoms with Crippen LogP contribution in [0.5, 0.6) is 0 Å². The monoisotopic (exact) mass is 190 g/mol. The second-order valence-corrected chi connectivity index (χ2v) is 4.35. The molecule has 0 amide bonds. The standard InChI is InChI=1S/C13H18O/c1-10-7-8-14-13(9-10)12-6-4-3-5-11(12)2/h3-6,10,13H,7-9H2,1-2H3/t10-,13+/m1/s1. The van der Waals surface area contributed by atoms with Crippen LogP contribution in [-0.2, 0) is 4.74 Å². The molecule has 1 heterocycles. The maximum Gasteiger partial charge on any atom is 0.0830 e. The first-order valence-electron chi connectivity index (χ1n) is 5.44. The van der Waals surface area contributed by atoms with Gasteiger partial charge in [0.2, 0.25) is 0 Å². The lowest BCUT2D eigenvalue weighted by atomic mass is 9.91. The molecule has 0 aliphatic carbocycles. The number of aryl methyl sites for hydroxylation is 1. The Bertz CT molecular complexity index is 306. The van der Waals surface area contributed by atoms with Crippen molar-refractivity contribution in [3.63, 3.8) is 0 Å². The molecule has 14 heavy (non-hydrogen) atoms. The molecule has 2 atom stereocenters. The normalized spacial score (nSPS) is 27.6. The van der Waals surface area contributed by atoms with E-state index in [1.807, 2.05) is 0 Å². The van der Waals surface area contributed by atoms with Crippen LogP contribution >= 0.6 is 0 Å². The first-order valence-corrected chi connectivity index (χ1v) is 5.44. The molecule has 1 nitrogen and oxygen atoms in total. The van der Waals surface area contributed by atoms with Crippen LogP contribution in [0.3, 0.4) is 0 Å². The van der Waals surface area contributed by atoms with Crippen molar-refractivity contribution in [3.05, 3.63) is 35.4 Å². The Balaban J connectivity index is 2.18. The van der Waals surface area contributed by atoms with Crippen molar-refractivity contribution >= 4 is 0 Å². The lowest BCUT2D eigenvalue weighted by molar-refractivity contribution is -0.00666. The number of ether oxygens (including phenoxy) is 1. The molecule has 1 aromatic rings. The summed E-state index contributed by atoms with van der Waals surface area (Å²) in [4.78, 5) is 0. The van der Waals surface area contributed by atoms with E-state index in [4.69, 9.17) is 4.74 Å². The summed E-state index contributed by atoms with van der Waals surface area (Å²) in [6.07, 6.45) is 2.72. The van der Waals surface area contributed by atoms with Gasteiger partial charge in [-0.15, -0.1) is 0 Å². The van der Waals surface area contributed by atoms with E-state index in [1.165, 1.54) is 24.0 Å². The van der Waals surface area contributed by atoms with Crippen LogP contribution in [0.25, 0.3) is 0 Å². The van der Waals surface area contributed by atoms with Gasteiger partial charge in [0, 0.05) is 6.61 Å². The minimum absolute atomic E-state index is 0.333. The molecule has 0 aromatic heterocycles. The van der Waals surface area contributed by atoms with E-state index in [9.17, 15) is 0 Å². The first kappa shape index (κ1) is 9.72. The molecule has 0 saturated carbocycles. The van der Waals surface area contributed by atoms with Gasteiger partial charge in [-0.05, 0) is 36.8 Å². The maximum atomic E-state index is 5.82. The Labute approximate surface area is 86.1 Å². The molecule has 1 heteroatoms. The third-order valence-electron chi connectivity index (χ3n) is 3.08. The molecule has 76 valence electrons. The van der Waals surface area contributed by atoms with Crippen LogP contribution in [0.4, 0.5) is 0 Å². The van der Waals surface area contributed by atoms with E-state index in [1.54, 1.807) is 0 Å². The van der Waals surface area contributed by atoms with Gasteiger partial charge in [-0.2, -0.15) is 0 Å². The molecule has 1 saturated heterocycles. The summed E-state index contributed by atoms with van der Waals surface area (Å²) in [6.45, 7) is 5.39. The highest BCUT2D eigenvalue weighted by Gasteiger charge is 2.21. The summed E-state index contributed by atoms with van der Waals surface area (Å²) >= 11 is 0. The average Bonchev–Trinajstić information content (AvgIpc) is 2.18. The largest absolute Gasteiger partial charge is 0.373 e. The summed E-state index contributed by atoms with van der Waals surface area (Å²) in [7, 11) is 0. The van der Waals surface area contributed by atoms with Gasteiger partial charge in [0.15, 0.2) is 0 Å². The molecule has 0 N–H and O–H groups in total. The number of hydrogen-bond acceptors (Lipinski definition) is 1. The Kier molecular flexibility index (Phi) is 2.87. The number of hydrogen-bond donors (Lipinski definition) is 0. The van der Waals surface area contributed by atoms with Crippen molar-refractivity contribution < 1.29 is 4.74 Å². The van der Waals surface area contributed by atoms with Crippen LogP contribution in [0.15, 0.2) is 24.3 Å². The Hall–Kier alpha value is -0.820. The topological polar surface area (TPSA) is 9.23 Å². The van der Waals surface area contributed by atoms with Gasteiger partial charge in [-0.3, -0.25) is 0 Å². The fourth-order valence-corrected chi connectivity index (χ4v) is 2.13. The molecular formula is C13H18O. The van der Waals surface area contributed by atoms with Crippen LogP contribution in [-0.4, -0.2) is 6.61 Å². The van der Waals surface area contributed by atoms with Gasteiger partial charge in [0.1, 0.15) is 0 Å². The van der Waals surface area contributed by atoms with Crippen LogP contribution in [0, 0.1) is 12.8 Å². The van der Waals surface area contributed by atoms with Crippen LogP contribution in [0.1, 0.15) is 37.0 Å². The number of benzene rings is 1. The lowest BCUT2D eigenvalue weighted by Crippen LogP contribution is -2.18. The fraction of sp³-hybridized carbons (Fsp3) is 0.538. The predicted octanol–water partition coefficient (Wildman–Crippen LogP) is 3.48. The zero-order chi connectivity index (χ0) is 9.97. The fourth-order valence-electron chi connectivity index (χ4n) is 2.13. The zero-order valence-electron chi connectivity index (χ0n) is 8.99. The van der Waals surface area contributed by atoms with Crippen molar-refractivity contribution in [2.24, 2.45) is 5.92 Å². The van der Waals surface area contributed by atoms with E-state index in [0.29, 0.717) is 6.10 Å². The Morgan fingerprint density at radius 3 is 2.79 bits per heavy atom. The average molecular weight is 190 g/mol. The molecule has 1 fully saturated rings. The highest BCUT2D eigenvalue weighted by molar-refractivity contribution is 5.28. The zero-order valence-corrected chi connectivity index (χ0v) is 8.99. The third-order valence-corrected chi connectivity index (χ3v) is 3.08. The molecule has 1 aliphatic heterocycles. The molecule has 0 bridgehead atoms. The van der Waals surface area contributed by atoms with E-state index in [-0.39, 0.29) is 0 Å². The number of rotatable bonds is 1. The van der Waals surface area contributed by atoms with E-state index < -0.39 is 0 Å². The van der Waals surface area contributed by atoms with Crippen molar-refractivity contribution in [2.45, 2.75) is 32.8 Å². The molecule has 2 rings (SSSR count). The SMILES string of the molecule is Cc1ccccc1[C@@H]1C[C@H](C)CCO1. The summed E-state index contributed by atoms with van der Waals surface area (Å²) in [6, 6.07) is 8.55. The van der Waals surface area contributed by atoms with Crippen molar-refractivity contribution in [1.82, 2.24) is 0 Å². The van der Waals surface area contributed by atoms with Gasteiger partial charge in [-0.25, -0.2) is 0 Å². The van der Waals surface area contributed by atoms with Gasteiger partial charge in [0.05, 0.1) is 6.10 Å². The summed E-state index contributed by atoms with van der Waals surface area (Å²) in [5.41, 5.74) is 2.73. The van der Waals surface area contributed by atoms with Gasteiger partial charge in [-0.1, -0.05) is 31.2 Å². The molecule has 1 aromatic carbocycles. The smallest absolute Gasteiger partial charge is 0.0830 e. The van der Waals surface area contributed by atoms with Gasteiger partial charge < -0.3 is 4.74 Å². The maximum absolute atomic E-state index is 5.82. The first-order chi connectivity index (χ1) is 6.77. The Morgan fingerprint density at radius 2 is 2.07 bits per heavy atom. The van der Waals surface area contributed by atoms with E-state index >= 15 is 0 Å². The van der Waals surface area contributed by atoms with Crippen molar-refractivity contribution in [2.75, 3.05) is 6.61 Å². The molecule has 1 aliphatic rings. The summed E-state index contributed by atoms with van der Waals surface area (Å²) in [5, 5.41) is 0. The Morgan fingerprint density at radius 1 is 1.29 bits per heavy atom. The van der Waals surface area contributed by atoms with Crippen LogP contribution in [0.2, 0.25) is 0 Å². The molecular weight excluding hydrogens is 172 g/mol. The predicted molar refractivity (Wildman–Crippen MR) is 58.3 cm³/mol. The quantitative estimate of drug-likeness (QED) is 0.658. The summed E-state index contributed by atoms with van der Waals surface area (Å²) in [5.74, 6) is 0.799. The van der Waals surface area contributed by atoms with Crippen molar-refractivity contribution in [3.8, 4) is 0 Å². The van der Waals surface area contributed by atoms with E-state index in [0.717, 1.165) is 12.5 Å². The van der Waals surface area contributed by atoms with Crippen molar-refractivity contribution in [1.29, 1.82) is 0 Å². The highest BCUT2D eigenvalue weighted by atomic mass is 16.5. The van der Waals surface area contributed by atoms with Crippen LogP contribution < -0.4 is 0 Å². The second-order valence-electron chi connectivity index (χ2n) is 4.35. The lowest BCUT2D eigenvalue weighted by Gasteiger charge is -2.28. The minimum Gasteiger partial charge on any atom is -0.373 e. The second kappa shape index (κ2) is 4.14. The minimum atomic E-state index is 0.333. The molecule has 0 spiro atoms.